The summed E-state index contributed by atoms with van der Waals surface area (Å²) in [7, 11) is 0. The first-order valence-electron chi connectivity index (χ1n) is 8.72. The maximum Gasteiger partial charge on any atom is 0.305 e. The van der Waals surface area contributed by atoms with E-state index in [1.807, 2.05) is 19.9 Å². The smallest absolute Gasteiger partial charge is 0.305 e. The predicted molar refractivity (Wildman–Crippen MR) is 104 cm³/mol. The number of carbonyl (C=O) groups excluding carboxylic acids is 2. The molecule has 2 aromatic carbocycles. The molecule has 0 aromatic heterocycles. The standard InChI is InChI=1S/C21H24N2O4/c1-14(2)21(3,13-18(24)25)23-20(27)16-9-11-17(12-10-16)22-19(26)15-7-5-4-6-8-15/h4-12,14H,13H2,1-3H3,(H,22,26)(H,23,27)(H,24,25). The van der Waals surface area contributed by atoms with E-state index in [1.54, 1.807) is 55.5 Å². The fourth-order valence-corrected chi connectivity index (χ4v) is 2.54. The monoisotopic (exact) mass is 368 g/mol. The number of carbonyl (C=O) groups is 3. The molecule has 2 aromatic rings. The average Bonchev–Trinajstić information content (AvgIpc) is 2.62. The van der Waals surface area contributed by atoms with E-state index in [1.165, 1.54) is 0 Å². The van der Waals surface area contributed by atoms with E-state index < -0.39 is 11.5 Å². The van der Waals surface area contributed by atoms with Crippen LogP contribution in [0.15, 0.2) is 54.6 Å². The molecule has 0 saturated heterocycles. The van der Waals surface area contributed by atoms with Crippen molar-refractivity contribution in [1.29, 1.82) is 0 Å². The number of anilines is 1. The Morgan fingerprint density at radius 3 is 2.00 bits per heavy atom. The number of carboxylic acids is 1. The summed E-state index contributed by atoms with van der Waals surface area (Å²) in [5, 5.41) is 14.7. The van der Waals surface area contributed by atoms with Crippen LogP contribution in [0.25, 0.3) is 0 Å². The van der Waals surface area contributed by atoms with Gasteiger partial charge in [-0.05, 0) is 49.2 Å². The lowest BCUT2D eigenvalue weighted by molar-refractivity contribution is -0.138. The third-order valence-corrected chi connectivity index (χ3v) is 4.63. The Kier molecular flexibility index (Phi) is 6.34. The molecule has 27 heavy (non-hydrogen) atoms. The Hall–Kier alpha value is -3.15. The fourth-order valence-electron chi connectivity index (χ4n) is 2.54. The van der Waals surface area contributed by atoms with E-state index >= 15 is 0 Å². The number of rotatable bonds is 7. The second kappa shape index (κ2) is 8.49. The Balaban J connectivity index is 2.06. The van der Waals surface area contributed by atoms with Crippen molar-refractivity contribution in [3.05, 3.63) is 65.7 Å². The topological polar surface area (TPSA) is 95.5 Å². The Morgan fingerprint density at radius 2 is 1.48 bits per heavy atom. The third-order valence-electron chi connectivity index (χ3n) is 4.63. The van der Waals surface area contributed by atoms with Gasteiger partial charge in [0.05, 0.1) is 12.0 Å². The molecule has 1 unspecified atom stereocenters. The summed E-state index contributed by atoms with van der Waals surface area (Å²) in [5.41, 5.74) is 0.645. The summed E-state index contributed by atoms with van der Waals surface area (Å²) in [6.45, 7) is 5.45. The summed E-state index contributed by atoms with van der Waals surface area (Å²) in [6, 6.07) is 15.3. The van der Waals surface area contributed by atoms with Gasteiger partial charge in [0.2, 0.25) is 0 Å². The van der Waals surface area contributed by atoms with Crippen molar-refractivity contribution < 1.29 is 19.5 Å². The molecule has 0 heterocycles. The van der Waals surface area contributed by atoms with Gasteiger partial charge in [-0.25, -0.2) is 0 Å². The molecule has 0 aliphatic heterocycles. The molecule has 0 bridgehead atoms. The lowest BCUT2D eigenvalue weighted by atomic mass is 9.85. The van der Waals surface area contributed by atoms with Crippen LogP contribution in [-0.2, 0) is 4.79 Å². The van der Waals surface area contributed by atoms with Gasteiger partial charge < -0.3 is 15.7 Å². The highest BCUT2D eigenvalue weighted by atomic mass is 16.4. The summed E-state index contributed by atoms with van der Waals surface area (Å²) >= 11 is 0. The van der Waals surface area contributed by atoms with Gasteiger partial charge in [0.25, 0.3) is 11.8 Å². The number of nitrogens with one attached hydrogen (secondary N) is 2. The van der Waals surface area contributed by atoms with E-state index in [4.69, 9.17) is 5.11 Å². The molecule has 3 N–H and O–H groups in total. The molecule has 0 aliphatic carbocycles. The van der Waals surface area contributed by atoms with Gasteiger partial charge in [-0.1, -0.05) is 32.0 Å². The van der Waals surface area contributed by atoms with Gasteiger partial charge >= 0.3 is 5.97 Å². The van der Waals surface area contributed by atoms with Gasteiger partial charge in [-0.3, -0.25) is 14.4 Å². The molecular formula is C21H24N2O4. The molecule has 0 saturated carbocycles. The largest absolute Gasteiger partial charge is 0.481 e. The molecule has 0 spiro atoms. The summed E-state index contributed by atoms with van der Waals surface area (Å²) < 4.78 is 0. The Bertz CT molecular complexity index is 816. The number of hydrogen-bond acceptors (Lipinski definition) is 3. The van der Waals surface area contributed by atoms with Gasteiger partial charge in [-0.15, -0.1) is 0 Å². The third kappa shape index (κ3) is 5.41. The van der Waals surface area contributed by atoms with Crippen molar-refractivity contribution in [1.82, 2.24) is 5.32 Å². The highest BCUT2D eigenvalue weighted by Crippen LogP contribution is 2.22. The number of aliphatic carboxylic acids is 1. The van der Waals surface area contributed by atoms with Gasteiger partial charge in [-0.2, -0.15) is 0 Å². The molecule has 0 aliphatic rings. The van der Waals surface area contributed by atoms with Crippen LogP contribution in [0.5, 0.6) is 0 Å². The second-order valence-electron chi connectivity index (χ2n) is 6.99. The first-order chi connectivity index (χ1) is 12.7. The van der Waals surface area contributed by atoms with E-state index in [9.17, 15) is 14.4 Å². The molecule has 2 rings (SSSR count). The summed E-state index contributed by atoms with van der Waals surface area (Å²) in [4.78, 5) is 35.8. The van der Waals surface area contributed by atoms with Crippen molar-refractivity contribution in [3.63, 3.8) is 0 Å². The zero-order chi connectivity index (χ0) is 20.0. The quantitative estimate of drug-likeness (QED) is 0.696. The van der Waals surface area contributed by atoms with Crippen LogP contribution >= 0.6 is 0 Å². The predicted octanol–water partition coefficient (Wildman–Crippen LogP) is 3.56. The van der Waals surface area contributed by atoms with Crippen LogP contribution in [0, 0.1) is 5.92 Å². The minimum Gasteiger partial charge on any atom is -0.481 e. The van der Waals surface area contributed by atoms with Crippen molar-refractivity contribution >= 4 is 23.5 Å². The van der Waals surface area contributed by atoms with Crippen molar-refractivity contribution in [2.45, 2.75) is 32.7 Å². The first-order valence-corrected chi connectivity index (χ1v) is 8.72. The average molecular weight is 368 g/mol. The highest BCUT2D eigenvalue weighted by molar-refractivity contribution is 6.04. The summed E-state index contributed by atoms with van der Waals surface area (Å²) in [5.74, 6) is -1.61. The number of amides is 2. The first kappa shape index (κ1) is 20.2. The molecule has 6 heteroatoms. The summed E-state index contributed by atoms with van der Waals surface area (Å²) in [6.07, 6.45) is -0.165. The zero-order valence-electron chi connectivity index (χ0n) is 15.7. The lowest BCUT2D eigenvalue weighted by Gasteiger charge is -2.33. The molecule has 142 valence electrons. The van der Waals surface area contributed by atoms with E-state index in [0.717, 1.165) is 0 Å². The van der Waals surface area contributed by atoms with Crippen LogP contribution in [0.4, 0.5) is 5.69 Å². The van der Waals surface area contributed by atoms with E-state index in [0.29, 0.717) is 16.8 Å². The molecule has 0 fully saturated rings. The van der Waals surface area contributed by atoms with Gasteiger partial charge in [0.15, 0.2) is 0 Å². The number of benzene rings is 2. The van der Waals surface area contributed by atoms with Crippen LogP contribution < -0.4 is 10.6 Å². The van der Waals surface area contributed by atoms with E-state index in [2.05, 4.69) is 10.6 Å². The minimum absolute atomic E-state index is 0.0537. The maximum absolute atomic E-state index is 12.5. The maximum atomic E-state index is 12.5. The normalized spacial score (nSPS) is 12.9. The SMILES string of the molecule is CC(C)C(C)(CC(=O)O)NC(=O)c1ccc(NC(=O)c2ccccc2)cc1. The number of hydrogen-bond donors (Lipinski definition) is 3. The van der Waals surface area contributed by atoms with E-state index in [-0.39, 0.29) is 24.2 Å². The minimum atomic E-state index is -0.967. The van der Waals surface area contributed by atoms with Crippen LogP contribution in [0.3, 0.4) is 0 Å². The number of carboxylic acid groups (broad SMARTS) is 1. The van der Waals surface area contributed by atoms with Crippen LogP contribution in [0.1, 0.15) is 47.9 Å². The highest BCUT2D eigenvalue weighted by Gasteiger charge is 2.33. The molecule has 0 radical (unpaired) electrons. The van der Waals surface area contributed by atoms with Crippen molar-refractivity contribution in [3.8, 4) is 0 Å². The van der Waals surface area contributed by atoms with Crippen molar-refractivity contribution in [2.24, 2.45) is 5.92 Å². The zero-order valence-corrected chi connectivity index (χ0v) is 15.7. The molecule has 1 atom stereocenters. The Labute approximate surface area is 158 Å². The van der Waals surface area contributed by atoms with Crippen molar-refractivity contribution in [2.75, 3.05) is 5.32 Å². The molecule has 2 amide bonds. The van der Waals surface area contributed by atoms with Crippen LogP contribution in [0.2, 0.25) is 0 Å². The fraction of sp³-hybridized carbons (Fsp3) is 0.286. The lowest BCUT2D eigenvalue weighted by Crippen LogP contribution is -2.51. The van der Waals surface area contributed by atoms with Gasteiger partial charge in [0, 0.05) is 16.8 Å². The van der Waals surface area contributed by atoms with Crippen LogP contribution in [-0.4, -0.2) is 28.4 Å². The molecule has 6 nitrogen and oxygen atoms in total. The second-order valence-corrected chi connectivity index (χ2v) is 6.99. The Morgan fingerprint density at radius 1 is 0.926 bits per heavy atom. The molecular weight excluding hydrogens is 344 g/mol. The van der Waals surface area contributed by atoms with Gasteiger partial charge in [0.1, 0.15) is 0 Å².